The Morgan fingerprint density at radius 2 is 1.70 bits per heavy atom. The molecular weight excluding hydrogens is 298 g/mol. The van der Waals surface area contributed by atoms with Gasteiger partial charge in [-0.3, -0.25) is 19.2 Å². The highest BCUT2D eigenvalue weighted by molar-refractivity contribution is 6.37. The molecule has 1 unspecified atom stereocenters. The quantitative estimate of drug-likeness (QED) is 0.669. The van der Waals surface area contributed by atoms with E-state index < -0.39 is 23.6 Å². The number of rotatable bonds is 3. The Labute approximate surface area is 131 Å². The van der Waals surface area contributed by atoms with Crippen molar-refractivity contribution in [1.82, 2.24) is 0 Å². The van der Waals surface area contributed by atoms with Crippen LogP contribution in [-0.4, -0.2) is 35.1 Å². The Kier molecular flexibility index (Phi) is 3.44. The zero-order valence-electron chi connectivity index (χ0n) is 12.3. The van der Waals surface area contributed by atoms with Gasteiger partial charge in [0.1, 0.15) is 0 Å². The third-order valence-corrected chi connectivity index (χ3v) is 4.08. The van der Waals surface area contributed by atoms with Gasteiger partial charge in [0.25, 0.3) is 5.91 Å². The van der Waals surface area contributed by atoms with Crippen molar-refractivity contribution in [2.24, 2.45) is 0 Å². The summed E-state index contributed by atoms with van der Waals surface area (Å²) < 4.78 is 0. The Balaban J connectivity index is 1.88. The van der Waals surface area contributed by atoms with Gasteiger partial charge in [0.15, 0.2) is 11.6 Å². The fraction of sp³-hybridized carbons (Fsp3) is 0.176. The van der Waals surface area contributed by atoms with Gasteiger partial charge in [0, 0.05) is 11.3 Å². The average Bonchev–Trinajstić information content (AvgIpc) is 2.89. The monoisotopic (exact) mass is 311 g/mol. The molecule has 0 aromatic heterocycles. The number of hydrogen-bond acceptors (Lipinski definition) is 4. The Bertz CT molecular complexity index is 801. The predicted octanol–water partition coefficient (Wildman–Crippen LogP) is 1.23. The summed E-state index contributed by atoms with van der Waals surface area (Å²) in [5.74, 6) is -2.87. The number of anilines is 1. The number of nitrogens with zero attached hydrogens (tertiary/aromatic N) is 1. The van der Waals surface area contributed by atoms with E-state index in [9.17, 15) is 19.2 Å². The molecule has 23 heavy (non-hydrogen) atoms. The van der Waals surface area contributed by atoms with Gasteiger partial charge in [0.2, 0.25) is 0 Å². The maximum Gasteiger partial charge on any atom is 0.310 e. The van der Waals surface area contributed by atoms with Crippen LogP contribution in [0.5, 0.6) is 0 Å². The zero-order chi connectivity index (χ0) is 16.7. The summed E-state index contributed by atoms with van der Waals surface area (Å²) in [4.78, 5) is 48.4. The van der Waals surface area contributed by atoms with Crippen LogP contribution in [0.1, 0.15) is 18.4 Å². The van der Waals surface area contributed by atoms with Crippen LogP contribution in [0.15, 0.2) is 47.6 Å². The molecule has 1 N–H and O–H groups in total. The molecule has 0 bridgehead atoms. The molecular formula is C17H13NO5. The third-order valence-electron chi connectivity index (χ3n) is 4.08. The van der Waals surface area contributed by atoms with Crippen LogP contribution in [0, 0.1) is 0 Å². The number of carboxylic acids is 1. The third kappa shape index (κ3) is 2.38. The van der Waals surface area contributed by atoms with Crippen LogP contribution in [0.3, 0.4) is 0 Å². The maximum atomic E-state index is 12.4. The van der Waals surface area contributed by atoms with Gasteiger partial charge in [-0.15, -0.1) is 0 Å². The average molecular weight is 311 g/mol. The van der Waals surface area contributed by atoms with Crippen molar-refractivity contribution in [2.45, 2.75) is 12.8 Å². The molecule has 2 aliphatic rings. The molecule has 6 heteroatoms. The Morgan fingerprint density at radius 1 is 1.09 bits per heavy atom. The van der Waals surface area contributed by atoms with Crippen molar-refractivity contribution in [3.05, 3.63) is 53.1 Å². The summed E-state index contributed by atoms with van der Waals surface area (Å²) in [5, 5.41) is 9.00. The number of hydrogen-bond donors (Lipinski definition) is 1. The number of aliphatic carboxylic acids is 1. The number of carbonyl (C=O) groups excluding carboxylic acids is 3. The minimum absolute atomic E-state index is 0.0525. The number of amides is 1. The predicted molar refractivity (Wildman–Crippen MR) is 81.0 cm³/mol. The molecule has 0 radical (unpaired) electrons. The first-order valence-electron chi connectivity index (χ1n) is 7.04. The molecule has 0 fully saturated rings. The number of ketones is 2. The molecule has 3 rings (SSSR count). The first-order chi connectivity index (χ1) is 10.9. The summed E-state index contributed by atoms with van der Waals surface area (Å²) in [6, 6.07) is 6.49. The second kappa shape index (κ2) is 5.31. The second-order valence-electron chi connectivity index (χ2n) is 5.46. The van der Waals surface area contributed by atoms with E-state index in [2.05, 4.69) is 0 Å². The van der Waals surface area contributed by atoms with Crippen LogP contribution in [0.2, 0.25) is 0 Å². The van der Waals surface area contributed by atoms with Crippen LogP contribution < -0.4 is 4.90 Å². The highest BCUT2D eigenvalue weighted by Crippen LogP contribution is 2.30. The SMILES string of the molecule is CC(C(=O)O)c1ccc(N2CC3=C(C(=O)C=CC3=O)C2=O)cc1. The van der Waals surface area contributed by atoms with E-state index in [0.29, 0.717) is 11.3 Å². The largest absolute Gasteiger partial charge is 0.481 e. The molecule has 0 saturated carbocycles. The van der Waals surface area contributed by atoms with Gasteiger partial charge >= 0.3 is 5.97 Å². The summed E-state index contributed by atoms with van der Waals surface area (Å²) in [6.45, 7) is 1.62. The number of carbonyl (C=O) groups is 4. The lowest BCUT2D eigenvalue weighted by atomic mass is 9.97. The van der Waals surface area contributed by atoms with Gasteiger partial charge in [-0.1, -0.05) is 12.1 Å². The minimum atomic E-state index is -0.936. The highest BCUT2D eigenvalue weighted by atomic mass is 16.4. The van der Waals surface area contributed by atoms with Crippen LogP contribution in [-0.2, 0) is 19.2 Å². The number of carboxylic acid groups (broad SMARTS) is 1. The highest BCUT2D eigenvalue weighted by Gasteiger charge is 2.38. The van der Waals surface area contributed by atoms with Crippen LogP contribution >= 0.6 is 0 Å². The van der Waals surface area contributed by atoms with E-state index in [1.807, 2.05) is 0 Å². The van der Waals surface area contributed by atoms with Crippen molar-refractivity contribution in [3.8, 4) is 0 Å². The minimum Gasteiger partial charge on any atom is -0.481 e. The molecule has 1 aliphatic carbocycles. The van der Waals surface area contributed by atoms with Gasteiger partial charge in [-0.25, -0.2) is 0 Å². The summed E-state index contributed by atoms with van der Waals surface area (Å²) in [7, 11) is 0. The van der Waals surface area contributed by atoms with Gasteiger partial charge in [-0.2, -0.15) is 0 Å². The fourth-order valence-corrected chi connectivity index (χ4v) is 2.66. The molecule has 1 aliphatic heterocycles. The molecule has 1 atom stereocenters. The smallest absolute Gasteiger partial charge is 0.310 e. The van der Waals surface area contributed by atoms with E-state index in [1.54, 1.807) is 31.2 Å². The zero-order valence-corrected chi connectivity index (χ0v) is 12.3. The first kappa shape index (κ1) is 14.9. The second-order valence-corrected chi connectivity index (χ2v) is 5.46. The summed E-state index contributed by atoms with van der Waals surface area (Å²) in [6.07, 6.45) is 2.29. The van der Waals surface area contributed by atoms with Crippen molar-refractivity contribution in [3.63, 3.8) is 0 Å². The summed E-state index contributed by atoms with van der Waals surface area (Å²) in [5.41, 5.74) is 1.27. The molecule has 1 aromatic rings. The van der Waals surface area contributed by atoms with Crippen molar-refractivity contribution < 1.29 is 24.3 Å². The lowest BCUT2D eigenvalue weighted by Crippen LogP contribution is -2.28. The van der Waals surface area contributed by atoms with Gasteiger partial charge in [0.05, 0.1) is 18.0 Å². The lowest BCUT2D eigenvalue weighted by molar-refractivity contribution is -0.138. The Hall–Kier alpha value is -3.02. The van der Waals surface area contributed by atoms with Gasteiger partial charge in [-0.05, 0) is 36.8 Å². The first-order valence-corrected chi connectivity index (χ1v) is 7.04. The maximum absolute atomic E-state index is 12.4. The number of allylic oxidation sites excluding steroid dienone is 2. The topological polar surface area (TPSA) is 91.8 Å². The van der Waals surface area contributed by atoms with E-state index in [-0.39, 0.29) is 23.5 Å². The normalized spacial score (nSPS) is 18.5. The fourth-order valence-electron chi connectivity index (χ4n) is 2.66. The van der Waals surface area contributed by atoms with Crippen molar-refractivity contribution in [1.29, 1.82) is 0 Å². The molecule has 116 valence electrons. The van der Waals surface area contributed by atoms with Crippen LogP contribution in [0.4, 0.5) is 5.69 Å². The van der Waals surface area contributed by atoms with E-state index in [0.717, 1.165) is 6.08 Å². The standard InChI is InChI=1S/C17H13NO5/c1-9(17(22)23)10-2-4-11(5-3-10)18-8-12-13(19)6-7-14(20)15(12)16(18)21/h2-7,9H,8H2,1H3,(H,22,23). The molecule has 0 spiro atoms. The molecule has 6 nitrogen and oxygen atoms in total. The van der Waals surface area contributed by atoms with Crippen LogP contribution in [0.25, 0.3) is 0 Å². The number of benzene rings is 1. The van der Waals surface area contributed by atoms with E-state index in [1.165, 1.54) is 11.0 Å². The molecule has 1 heterocycles. The van der Waals surface area contributed by atoms with Crippen molar-refractivity contribution in [2.75, 3.05) is 11.4 Å². The van der Waals surface area contributed by atoms with E-state index in [4.69, 9.17) is 5.11 Å². The Morgan fingerprint density at radius 3 is 2.26 bits per heavy atom. The molecule has 0 saturated heterocycles. The molecule has 1 aromatic carbocycles. The lowest BCUT2D eigenvalue weighted by Gasteiger charge is -2.17. The van der Waals surface area contributed by atoms with E-state index >= 15 is 0 Å². The molecule has 1 amide bonds. The summed E-state index contributed by atoms with van der Waals surface area (Å²) >= 11 is 0. The van der Waals surface area contributed by atoms with Gasteiger partial charge < -0.3 is 10.0 Å². The van der Waals surface area contributed by atoms with Crippen molar-refractivity contribution >= 4 is 29.1 Å².